The Morgan fingerprint density at radius 3 is 2.91 bits per heavy atom. The van der Waals surface area contributed by atoms with Crippen molar-refractivity contribution >= 4 is 5.91 Å². The minimum Gasteiger partial charge on any atom is -0.381 e. The van der Waals surface area contributed by atoms with Crippen LogP contribution in [-0.2, 0) is 20.7 Å². The second kappa shape index (κ2) is 7.25. The lowest BCUT2D eigenvalue weighted by molar-refractivity contribution is -0.143. The molecule has 2 fully saturated rings. The van der Waals surface area contributed by atoms with E-state index in [4.69, 9.17) is 9.47 Å². The van der Waals surface area contributed by atoms with E-state index < -0.39 is 0 Å². The molecule has 3 atom stereocenters. The van der Waals surface area contributed by atoms with E-state index in [1.807, 2.05) is 42.2 Å². The third kappa shape index (κ3) is 3.50. The maximum absolute atomic E-state index is 12.7. The molecule has 0 radical (unpaired) electrons. The summed E-state index contributed by atoms with van der Waals surface area (Å²) in [4.78, 5) is 14.7. The summed E-state index contributed by atoms with van der Waals surface area (Å²) < 4.78 is 11.4. The van der Waals surface area contributed by atoms with Crippen molar-refractivity contribution in [1.82, 2.24) is 4.90 Å². The van der Waals surface area contributed by atoms with Crippen LogP contribution < -0.4 is 0 Å². The predicted octanol–water partition coefficient (Wildman–Crippen LogP) is 2.27. The maximum Gasteiger partial charge on any atom is 0.227 e. The Morgan fingerprint density at radius 2 is 2.14 bits per heavy atom. The van der Waals surface area contributed by atoms with E-state index in [0.717, 1.165) is 31.6 Å². The Labute approximate surface area is 132 Å². The number of morpholine rings is 1. The van der Waals surface area contributed by atoms with Crippen LogP contribution in [0.4, 0.5) is 0 Å². The van der Waals surface area contributed by atoms with E-state index in [1.165, 1.54) is 0 Å². The summed E-state index contributed by atoms with van der Waals surface area (Å²) >= 11 is 0. The van der Waals surface area contributed by atoms with E-state index in [0.29, 0.717) is 25.5 Å². The zero-order chi connectivity index (χ0) is 15.4. The Hall–Kier alpha value is -1.39. The normalized spacial score (nSPS) is 27.7. The number of carbonyl (C=O) groups is 1. The number of nitrogens with zero attached hydrogens (tertiary/aromatic N) is 1. The van der Waals surface area contributed by atoms with E-state index >= 15 is 0 Å². The van der Waals surface area contributed by atoms with E-state index in [1.54, 1.807) is 0 Å². The molecular weight excluding hydrogens is 278 g/mol. The minimum absolute atomic E-state index is 0.193. The van der Waals surface area contributed by atoms with E-state index in [2.05, 4.69) is 0 Å². The number of carbonyl (C=O) groups excluding carboxylic acids is 1. The van der Waals surface area contributed by atoms with Crippen LogP contribution >= 0.6 is 0 Å². The zero-order valence-electron chi connectivity index (χ0n) is 13.2. The first-order chi connectivity index (χ1) is 10.8. The molecular formula is C18H25NO3. The van der Waals surface area contributed by atoms with Gasteiger partial charge in [0.15, 0.2) is 0 Å². The van der Waals surface area contributed by atoms with E-state index in [9.17, 15) is 4.79 Å². The second-order valence-electron chi connectivity index (χ2n) is 6.22. The van der Waals surface area contributed by atoms with Crippen molar-refractivity contribution in [2.45, 2.75) is 38.3 Å². The number of rotatable bonds is 5. The fraction of sp³-hybridized carbons (Fsp3) is 0.611. The lowest BCUT2D eigenvalue weighted by Gasteiger charge is -2.37. The number of amides is 1. The number of hydrogen-bond donors (Lipinski definition) is 0. The molecule has 22 heavy (non-hydrogen) atoms. The molecule has 1 saturated carbocycles. The topological polar surface area (TPSA) is 38.8 Å². The van der Waals surface area contributed by atoms with Gasteiger partial charge in [-0.3, -0.25) is 4.79 Å². The predicted molar refractivity (Wildman–Crippen MR) is 84.6 cm³/mol. The summed E-state index contributed by atoms with van der Waals surface area (Å²) in [5, 5.41) is 0. The van der Waals surface area contributed by atoms with Gasteiger partial charge >= 0.3 is 0 Å². The van der Waals surface area contributed by atoms with Crippen LogP contribution in [0.25, 0.3) is 0 Å². The molecule has 0 aromatic heterocycles. The molecule has 1 heterocycles. The van der Waals surface area contributed by atoms with Gasteiger partial charge in [0.2, 0.25) is 5.91 Å². The van der Waals surface area contributed by atoms with Crippen molar-refractivity contribution in [2.24, 2.45) is 5.92 Å². The molecule has 1 aromatic rings. The van der Waals surface area contributed by atoms with Crippen molar-refractivity contribution in [3.05, 3.63) is 35.9 Å². The maximum atomic E-state index is 12.7. The third-order valence-electron chi connectivity index (χ3n) is 4.71. The molecule has 1 saturated heterocycles. The highest BCUT2D eigenvalue weighted by molar-refractivity contribution is 5.79. The Morgan fingerprint density at radius 1 is 1.32 bits per heavy atom. The SMILES string of the molecule is CCOC[C@@H]1C[C@H]2OCCN(C(=O)Cc3ccccc3)[C@H]2C1. The molecule has 3 rings (SSSR count). The summed E-state index contributed by atoms with van der Waals surface area (Å²) in [5.41, 5.74) is 1.08. The van der Waals surface area contributed by atoms with Gasteiger partial charge in [0.1, 0.15) is 0 Å². The smallest absolute Gasteiger partial charge is 0.227 e. The molecule has 1 amide bonds. The molecule has 0 unspecified atom stereocenters. The van der Waals surface area contributed by atoms with E-state index in [-0.39, 0.29) is 18.1 Å². The molecule has 0 spiro atoms. The first-order valence-corrected chi connectivity index (χ1v) is 8.30. The monoisotopic (exact) mass is 303 g/mol. The van der Waals surface area contributed by atoms with Crippen LogP contribution in [-0.4, -0.2) is 49.3 Å². The first kappa shape index (κ1) is 15.5. The van der Waals surface area contributed by atoms with Crippen molar-refractivity contribution in [2.75, 3.05) is 26.4 Å². The third-order valence-corrected chi connectivity index (χ3v) is 4.71. The van der Waals surface area contributed by atoms with Crippen LogP contribution in [0.2, 0.25) is 0 Å². The molecule has 120 valence electrons. The van der Waals surface area contributed by atoms with Gasteiger partial charge in [-0.15, -0.1) is 0 Å². The van der Waals surface area contributed by atoms with Gasteiger partial charge in [0.25, 0.3) is 0 Å². The van der Waals surface area contributed by atoms with Gasteiger partial charge in [-0.05, 0) is 31.2 Å². The van der Waals surface area contributed by atoms with Gasteiger partial charge in [-0.25, -0.2) is 0 Å². The van der Waals surface area contributed by atoms with Crippen molar-refractivity contribution < 1.29 is 14.3 Å². The van der Waals surface area contributed by atoms with Gasteiger partial charge in [-0.1, -0.05) is 30.3 Å². The molecule has 0 bridgehead atoms. The second-order valence-corrected chi connectivity index (χ2v) is 6.22. The molecule has 2 aliphatic rings. The highest BCUT2D eigenvalue weighted by atomic mass is 16.5. The fourth-order valence-electron chi connectivity index (χ4n) is 3.65. The fourth-order valence-corrected chi connectivity index (χ4v) is 3.65. The summed E-state index contributed by atoms with van der Waals surface area (Å²) in [7, 11) is 0. The summed E-state index contributed by atoms with van der Waals surface area (Å²) in [5.74, 6) is 0.738. The molecule has 0 N–H and O–H groups in total. The number of hydrogen-bond acceptors (Lipinski definition) is 3. The molecule has 1 aromatic carbocycles. The minimum atomic E-state index is 0.193. The summed E-state index contributed by atoms with van der Waals surface area (Å²) in [6.07, 6.45) is 2.70. The van der Waals surface area contributed by atoms with Crippen LogP contribution in [0.15, 0.2) is 30.3 Å². The molecule has 1 aliphatic carbocycles. The van der Waals surface area contributed by atoms with Crippen molar-refractivity contribution in [3.8, 4) is 0 Å². The quantitative estimate of drug-likeness (QED) is 0.837. The highest BCUT2D eigenvalue weighted by Gasteiger charge is 2.42. The number of ether oxygens (including phenoxy) is 2. The average molecular weight is 303 g/mol. The van der Waals surface area contributed by atoms with Gasteiger partial charge in [-0.2, -0.15) is 0 Å². The first-order valence-electron chi connectivity index (χ1n) is 8.30. The lowest BCUT2D eigenvalue weighted by atomic mass is 10.1. The molecule has 4 heteroatoms. The lowest BCUT2D eigenvalue weighted by Crippen LogP contribution is -2.51. The molecule has 4 nitrogen and oxygen atoms in total. The van der Waals surface area contributed by atoms with Gasteiger partial charge in [0, 0.05) is 19.8 Å². The standard InChI is InChI=1S/C18H25NO3/c1-2-21-13-15-10-16-17(11-15)22-9-8-19(16)18(20)12-14-6-4-3-5-7-14/h3-7,15-17H,2,8-13H2,1H3/t15-,16-,17+/m0/s1. The number of benzene rings is 1. The number of fused-ring (bicyclic) bond motifs is 1. The Bertz CT molecular complexity index is 490. The average Bonchev–Trinajstić information content (AvgIpc) is 2.96. The largest absolute Gasteiger partial charge is 0.381 e. The van der Waals surface area contributed by atoms with Crippen molar-refractivity contribution in [1.29, 1.82) is 0 Å². The van der Waals surface area contributed by atoms with Crippen LogP contribution in [0.5, 0.6) is 0 Å². The van der Waals surface area contributed by atoms with Crippen molar-refractivity contribution in [3.63, 3.8) is 0 Å². The molecule has 1 aliphatic heterocycles. The highest BCUT2D eigenvalue weighted by Crippen LogP contribution is 2.34. The summed E-state index contributed by atoms with van der Waals surface area (Å²) in [6, 6.07) is 10.2. The van der Waals surface area contributed by atoms with Crippen LogP contribution in [0.3, 0.4) is 0 Å². The van der Waals surface area contributed by atoms with Crippen LogP contribution in [0, 0.1) is 5.92 Å². The summed E-state index contributed by atoms with van der Waals surface area (Å²) in [6.45, 7) is 4.93. The van der Waals surface area contributed by atoms with Crippen LogP contribution in [0.1, 0.15) is 25.3 Å². The van der Waals surface area contributed by atoms with Gasteiger partial charge < -0.3 is 14.4 Å². The Kier molecular flexibility index (Phi) is 5.11. The Balaban J connectivity index is 1.62. The zero-order valence-corrected chi connectivity index (χ0v) is 13.2. The van der Waals surface area contributed by atoms with Gasteiger partial charge in [0.05, 0.1) is 25.2 Å².